The summed E-state index contributed by atoms with van der Waals surface area (Å²) >= 11 is 1.96. The zero-order valence-corrected chi connectivity index (χ0v) is 11.1. The Morgan fingerprint density at radius 2 is 2.22 bits per heavy atom. The van der Waals surface area contributed by atoms with Crippen molar-refractivity contribution >= 4 is 17.7 Å². The summed E-state index contributed by atoms with van der Waals surface area (Å²) in [6.07, 6.45) is 4.25. The molecule has 2 aromatic rings. The molecular weight excluding hydrogens is 242 g/mol. The second-order valence-corrected chi connectivity index (χ2v) is 5.43. The Morgan fingerprint density at radius 1 is 1.28 bits per heavy atom. The third kappa shape index (κ3) is 2.20. The van der Waals surface area contributed by atoms with E-state index >= 15 is 0 Å². The van der Waals surface area contributed by atoms with E-state index in [2.05, 4.69) is 33.5 Å². The van der Waals surface area contributed by atoms with Gasteiger partial charge in [0.1, 0.15) is 0 Å². The smallest absolute Gasteiger partial charge is 0.222 e. The van der Waals surface area contributed by atoms with Gasteiger partial charge >= 0.3 is 0 Å². The van der Waals surface area contributed by atoms with E-state index in [1.807, 2.05) is 24.9 Å². The highest BCUT2D eigenvalue weighted by Crippen LogP contribution is 2.32. The lowest BCUT2D eigenvalue weighted by Crippen LogP contribution is -2.00. The Kier molecular flexibility index (Phi) is 3.19. The highest BCUT2D eigenvalue weighted by Gasteiger charge is 2.11. The maximum absolute atomic E-state index is 4.48. The van der Waals surface area contributed by atoms with Crippen molar-refractivity contribution in [1.82, 2.24) is 9.97 Å². The van der Waals surface area contributed by atoms with Gasteiger partial charge in [0, 0.05) is 23.7 Å². The quantitative estimate of drug-likeness (QED) is 0.896. The summed E-state index contributed by atoms with van der Waals surface area (Å²) in [7, 11) is 1.84. The molecule has 0 amide bonds. The molecule has 1 aliphatic rings. The van der Waals surface area contributed by atoms with E-state index in [1.165, 1.54) is 34.6 Å². The van der Waals surface area contributed by atoms with E-state index in [9.17, 15) is 0 Å². The van der Waals surface area contributed by atoms with Crippen molar-refractivity contribution < 1.29 is 0 Å². The Hall–Kier alpha value is -1.55. The van der Waals surface area contributed by atoms with Crippen LogP contribution in [0.15, 0.2) is 35.4 Å². The van der Waals surface area contributed by atoms with E-state index in [0.29, 0.717) is 5.95 Å². The number of thioether (sulfide) groups is 1. The minimum atomic E-state index is 0.666. The number of aryl methyl sites for hydroxylation is 1. The monoisotopic (exact) mass is 257 g/mol. The molecule has 0 atom stereocenters. The number of rotatable bonds is 2. The fourth-order valence-corrected chi connectivity index (χ4v) is 3.18. The van der Waals surface area contributed by atoms with E-state index in [-0.39, 0.29) is 0 Å². The fraction of sp³-hybridized carbons (Fsp3) is 0.286. The summed E-state index contributed by atoms with van der Waals surface area (Å²) in [5, 5.41) is 2.97. The van der Waals surface area contributed by atoms with Crippen LogP contribution in [0.2, 0.25) is 0 Å². The molecule has 1 aromatic carbocycles. The number of fused-ring (bicyclic) bond motifs is 1. The van der Waals surface area contributed by atoms with E-state index in [1.54, 1.807) is 6.20 Å². The van der Waals surface area contributed by atoms with Crippen molar-refractivity contribution in [3.8, 4) is 11.3 Å². The van der Waals surface area contributed by atoms with Gasteiger partial charge in [0.15, 0.2) is 0 Å². The molecule has 0 unspecified atom stereocenters. The van der Waals surface area contributed by atoms with Gasteiger partial charge in [-0.1, -0.05) is 6.07 Å². The van der Waals surface area contributed by atoms with Gasteiger partial charge in [0.05, 0.1) is 5.69 Å². The fourth-order valence-electron chi connectivity index (χ4n) is 2.16. The zero-order valence-electron chi connectivity index (χ0n) is 10.3. The first kappa shape index (κ1) is 11.5. The summed E-state index contributed by atoms with van der Waals surface area (Å²) in [5.74, 6) is 1.91. The molecule has 4 heteroatoms. The van der Waals surface area contributed by atoms with Crippen LogP contribution in [0.1, 0.15) is 12.0 Å². The molecule has 92 valence electrons. The number of nitrogens with zero attached hydrogens (tertiary/aromatic N) is 2. The Balaban J connectivity index is 2.00. The molecule has 1 aliphatic heterocycles. The average molecular weight is 257 g/mol. The molecule has 0 fully saturated rings. The lowest BCUT2D eigenvalue weighted by molar-refractivity contribution is 0.890. The summed E-state index contributed by atoms with van der Waals surface area (Å²) in [5.41, 5.74) is 3.61. The van der Waals surface area contributed by atoms with Crippen LogP contribution in [0, 0.1) is 0 Å². The van der Waals surface area contributed by atoms with Crippen LogP contribution in [0.3, 0.4) is 0 Å². The number of aromatic nitrogens is 2. The molecule has 0 radical (unpaired) electrons. The molecule has 0 aliphatic carbocycles. The summed E-state index contributed by atoms with van der Waals surface area (Å²) < 4.78 is 0. The molecule has 3 rings (SSSR count). The third-order valence-electron chi connectivity index (χ3n) is 3.08. The highest BCUT2D eigenvalue weighted by molar-refractivity contribution is 7.99. The summed E-state index contributed by atoms with van der Waals surface area (Å²) in [6.45, 7) is 0. The minimum Gasteiger partial charge on any atom is -0.357 e. The Bertz CT molecular complexity index is 569. The Labute approximate surface area is 111 Å². The second kappa shape index (κ2) is 4.98. The third-order valence-corrected chi connectivity index (χ3v) is 4.29. The maximum Gasteiger partial charge on any atom is 0.222 e. The minimum absolute atomic E-state index is 0.666. The number of anilines is 1. The first-order chi connectivity index (χ1) is 8.86. The lowest BCUT2D eigenvalue weighted by Gasteiger charge is -2.16. The van der Waals surface area contributed by atoms with Gasteiger partial charge in [0.2, 0.25) is 5.95 Å². The van der Waals surface area contributed by atoms with Crippen LogP contribution < -0.4 is 5.32 Å². The number of hydrogen-bond acceptors (Lipinski definition) is 4. The number of benzene rings is 1. The van der Waals surface area contributed by atoms with Crippen molar-refractivity contribution in [3.63, 3.8) is 0 Å². The number of nitrogens with one attached hydrogen (secondary N) is 1. The predicted molar refractivity (Wildman–Crippen MR) is 76.1 cm³/mol. The normalized spacial score (nSPS) is 14.1. The predicted octanol–water partition coefficient (Wildman–Crippen LogP) is 3.22. The SMILES string of the molecule is CNc1nccc(-c2ccc3c(c2)CCCS3)n1. The largest absolute Gasteiger partial charge is 0.357 e. The van der Waals surface area contributed by atoms with Crippen molar-refractivity contribution in [1.29, 1.82) is 0 Å². The average Bonchev–Trinajstić information content (AvgIpc) is 2.47. The lowest BCUT2D eigenvalue weighted by atomic mass is 10.0. The first-order valence-corrected chi connectivity index (χ1v) is 7.12. The molecule has 0 bridgehead atoms. The van der Waals surface area contributed by atoms with Crippen LogP contribution in [0.4, 0.5) is 5.95 Å². The zero-order chi connectivity index (χ0) is 12.4. The van der Waals surface area contributed by atoms with Gasteiger partial charge in [0.25, 0.3) is 0 Å². The van der Waals surface area contributed by atoms with Crippen LogP contribution in [0.5, 0.6) is 0 Å². The van der Waals surface area contributed by atoms with E-state index < -0.39 is 0 Å². The second-order valence-electron chi connectivity index (χ2n) is 4.29. The van der Waals surface area contributed by atoms with Crippen LogP contribution in [-0.4, -0.2) is 22.8 Å². The number of hydrogen-bond donors (Lipinski definition) is 1. The molecule has 0 saturated carbocycles. The van der Waals surface area contributed by atoms with Crippen molar-refractivity contribution in [2.24, 2.45) is 0 Å². The van der Waals surface area contributed by atoms with Gasteiger partial charge in [-0.3, -0.25) is 0 Å². The maximum atomic E-state index is 4.48. The van der Waals surface area contributed by atoms with E-state index in [0.717, 1.165) is 5.69 Å². The molecule has 1 aromatic heterocycles. The van der Waals surface area contributed by atoms with Crippen molar-refractivity contribution in [2.75, 3.05) is 18.1 Å². The van der Waals surface area contributed by atoms with Crippen LogP contribution in [-0.2, 0) is 6.42 Å². The standard InChI is InChI=1S/C14H15N3S/c1-15-14-16-7-6-12(17-14)10-4-5-13-11(9-10)3-2-8-18-13/h4-7,9H,2-3,8H2,1H3,(H,15,16,17). The topological polar surface area (TPSA) is 37.8 Å². The molecule has 18 heavy (non-hydrogen) atoms. The van der Waals surface area contributed by atoms with Crippen LogP contribution >= 0.6 is 11.8 Å². The van der Waals surface area contributed by atoms with Gasteiger partial charge in [-0.05, 0) is 42.4 Å². The van der Waals surface area contributed by atoms with Gasteiger partial charge in [-0.2, -0.15) is 0 Å². The van der Waals surface area contributed by atoms with Crippen molar-refractivity contribution in [2.45, 2.75) is 17.7 Å². The molecule has 1 N–H and O–H groups in total. The summed E-state index contributed by atoms with van der Waals surface area (Å²) in [4.78, 5) is 10.0. The van der Waals surface area contributed by atoms with Gasteiger partial charge in [-0.15, -0.1) is 11.8 Å². The molecule has 2 heterocycles. The van der Waals surface area contributed by atoms with Crippen molar-refractivity contribution in [3.05, 3.63) is 36.0 Å². The first-order valence-electron chi connectivity index (χ1n) is 6.14. The van der Waals surface area contributed by atoms with E-state index in [4.69, 9.17) is 0 Å². The van der Waals surface area contributed by atoms with Gasteiger partial charge < -0.3 is 5.32 Å². The Morgan fingerprint density at radius 3 is 3.11 bits per heavy atom. The molecule has 0 spiro atoms. The molecule has 3 nitrogen and oxygen atoms in total. The molecular formula is C14H15N3S. The highest BCUT2D eigenvalue weighted by atomic mass is 32.2. The van der Waals surface area contributed by atoms with Crippen LogP contribution in [0.25, 0.3) is 11.3 Å². The van der Waals surface area contributed by atoms with Gasteiger partial charge in [-0.25, -0.2) is 9.97 Å². The summed E-state index contributed by atoms with van der Waals surface area (Å²) in [6, 6.07) is 8.59. The molecule has 0 saturated heterocycles.